The van der Waals surface area contributed by atoms with Crippen molar-refractivity contribution in [2.75, 3.05) is 18.9 Å². The molecule has 2 rings (SSSR count). The Kier molecular flexibility index (Phi) is 2.77. The second-order valence-electron chi connectivity index (χ2n) is 2.02. The molecule has 0 bridgehead atoms. The van der Waals surface area contributed by atoms with Crippen LogP contribution >= 0.6 is 0 Å². The maximum absolute atomic E-state index is 5.36. The van der Waals surface area contributed by atoms with Gasteiger partial charge in [0.05, 0.1) is 13.2 Å². The van der Waals surface area contributed by atoms with Gasteiger partial charge in [-0.05, 0) is 12.1 Å². The number of para-hydroxylation sites is 1. The van der Waals surface area contributed by atoms with Gasteiger partial charge in [-0.15, -0.1) is 0 Å². The fourth-order valence-corrected chi connectivity index (χ4v) is 0.453. The van der Waals surface area contributed by atoms with E-state index in [2.05, 4.69) is 4.74 Å². The van der Waals surface area contributed by atoms with E-state index in [9.17, 15) is 0 Å². The number of anilines is 1. The number of hydrogen-bond donors (Lipinski definition) is 1. The molecular formula is C8H11NO. The van der Waals surface area contributed by atoms with Crippen molar-refractivity contribution in [1.29, 1.82) is 0 Å². The van der Waals surface area contributed by atoms with Crippen LogP contribution in [-0.4, -0.2) is 13.2 Å². The summed E-state index contributed by atoms with van der Waals surface area (Å²) in [7, 11) is 0. The van der Waals surface area contributed by atoms with Gasteiger partial charge in [0.15, 0.2) is 0 Å². The van der Waals surface area contributed by atoms with Crippen LogP contribution in [0.3, 0.4) is 0 Å². The maximum atomic E-state index is 5.36. The highest BCUT2D eigenvalue weighted by Gasteiger charge is 1.94. The average molecular weight is 137 g/mol. The first-order chi connectivity index (χ1) is 4.89. The molecule has 2 heteroatoms. The van der Waals surface area contributed by atoms with Crippen molar-refractivity contribution in [3.63, 3.8) is 0 Å². The summed E-state index contributed by atoms with van der Waals surface area (Å²) in [5.41, 5.74) is 6.18. The van der Waals surface area contributed by atoms with Crippen LogP contribution in [-0.2, 0) is 4.74 Å². The minimum atomic E-state index is 0.822. The summed E-state index contributed by atoms with van der Waals surface area (Å²) in [6, 6.07) is 9.49. The molecule has 10 heavy (non-hydrogen) atoms. The van der Waals surface area contributed by atoms with E-state index in [4.69, 9.17) is 5.73 Å². The molecule has 1 aromatic carbocycles. The molecule has 1 saturated heterocycles. The van der Waals surface area contributed by atoms with Crippen molar-refractivity contribution in [2.45, 2.75) is 0 Å². The van der Waals surface area contributed by atoms with Gasteiger partial charge in [-0.25, -0.2) is 0 Å². The highest BCUT2D eigenvalue weighted by atomic mass is 16.6. The van der Waals surface area contributed by atoms with Crippen molar-refractivity contribution in [1.82, 2.24) is 0 Å². The molecular weight excluding hydrogens is 126 g/mol. The van der Waals surface area contributed by atoms with Crippen molar-refractivity contribution in [3.05, 3.63) is 30.3 Å². The number of rotatable bonds is 0. The van der Waals surface area contributed by atoms with E-state index in [1.807, 2.05) is 30.3 Å². The summed E-state index contributed by atoms with van der Waals surface area (Å²) in [5.74, 6) is 0. The van der Waals surface area contributed by atoms with E-state index in [1.165, 1.54) is 0 Å². The molecule has 2 nitrogen and oxygen atoms in total. The van der Waals surface area contributed by atoms with E-state index < -0.39 is 0 Å². The molecule has 1 aliphatic heterocycles. The Morgan fingerprint density at radius 1 is 1.10 bits per heavy atom. The van der Waals surface area contributed by atoms with Gasteiger partial charge >= 0.3 is 0 Å². The van der Waals surface area contributed by atoms with Crippen LogP contribution in [0.5, 0.6) is 0 Å². The van der Waals surface area contributed by atoms with Gasteiger partial charge in [0.2, 0.25) is 0 Å². The first-order valence-corrected chi connectivity index (χ1v) is 3.28. The molecule has 1 fully saturated rings. The first kappa shape index (κ1) is 7.09. The summed E-state index contributed by atoms with van der Waals surface area (Å²) in [4.78, 5) is 0. The van der Waals surface area contributed by atoms with Crippen molar-refractivity contribution >= 4 is 5.69 Å². The Hall–Kier alpha value is -1.02. The highest BCUT2D eigenvalue weighted by Crippen LogP contribution is 1.95. The van der Waals surface area contributed by atoms with Crippen LogP contribution in [0.2, 0.25) is 0 Å². The number of epoxide rings is 1. The standard InChI is InChI=1S/C6H7N.C2H4O/c7-6-4-2-1-3-5-6;1-2-3-1/h1-5H,7H2;1-2H2. The molecule has 0 unspecified atom stereocenters. The number of nitrogens with two attached hydrogens (primary N) is 1. The van der Waals surface area contributed by atoms with Crippen molar-refractivity contribution in [3.8, 4) is 0 Å². The van der Waals surface area contributed by atoms with E-state index >= 15 is 0 Å². The molecule has 0 spiro atoms. The molecule has 0 aliphatic carbocycles. The summed E-state index contributed by atoms with van der Waals surface area (Å²) in [6.07, 6.45) is 0. The topological polar surface area (TPSA) is 38.5 Å². The van der Waals surface area contributed by atoms with Crippen LogP contribution in [0.15, 0.2) is 30.3 Å². The second kappa shape index (κ2) is 3.90. The maximum Gasteiger partial charge on any atom is 0.0701 e. The largest absolute Gasteiger partial charge is 0.399 e. The number of hydrogen-bond acceptors (Lipinski definition) is 2. The Morgan fingerprint density at radius 3 is 1.80 bits per heavy atom. The number of benzene rings is 1. The zero-order valence-corrected chi connectivity index (χ0v) is 5.79. The lowest BCUT2D eigenvalue weighted by Crippen LogP contribution is -1.79. The Balaban J connectivity index is 0.000000138. The van der Waals surface area contributed by atoms with Crippen LogP contribution in [0.4, 0.5) is 5.69 Å². The molecule has 0 saturated carbocycles. The van der Waals surface area contributed by atoms with Gasteiger partial charge in [0.25, 0.3) is 0 Å². The third kappa shape index (κ3) is 3.92. The van der Waals surface area contributed by atoms with Crippen LogP contribution in [0.1, 0.15) is 0 Å². The molecule has 2 N–H and O–H groups in total. The third-order valence-electron chi connectivity index (χ3n) is 1.00. The third-order valence-corrected chi connectivity index (χ3v) is 1.00. The normalized spacial score (nSPS) is 13.2. The summed E-state index contributed by atoms with van der Waals surface area (Å²) in [6.45, 7) is 2.00. The number of ether oxygens (including phenoxy) is 1. The molecule has 0 atom stereocenters. The number of nitrogen functional groups attached to an aromatic ring is 1. The zero-order chi connectivity index (χ0) is 7.23. The average Bonchev–Trinajstić information content (AvgIpc) is 2.73. The fraction of sp³-hybridized carbons (Fsp3) is 0.250. The van der Waals surface area contributed by atoms with Gasteiger partial charge in [-0.1, -0.05) is 18.2 Å². The Morgan fingerprint density at radius 2 is 1.60 bits per heavy atom. The molecule has 1 aromatic rings. The Labute approximate surface area is 60.6 Å². The predicted molar refractivity (Wildman–Crippen MR) is 41.7 cm³/mol. The van der Waals surface area contributed by atoms with Crippen molar-refractivity contribution in [2.24, 2.45) is 0 Å². The van der Waals surface area contributed by atoms with E-state index in [1.54, 1.807) is 0 Å². The second-order valence-corrected chi connectivity index (χ2v) is 2.02. The monoisotopic (exact) mass is 137 g/mol. The molecule has 54 valence electrons. The fourth-order valence-electron chi connectivity index (χ4n) is 0.453. The van der Waals surface area contributed by atoms with Gasteiger partial charge in [0, 0.05) is 5.69 Å². The molecule has 0 aromatic heterocycles. The smallest absolute Gasteiger partial charge is 0.0701 e. The lowest BCUT2D eigenvalue weighted by molar-refractivity contribution is 0.475. The Bertz CT molecular complexity index is 169. The van der Waals surface area contributed by atoms with Crippen molar-refractivity contribution < 1.29 is 4.74 Å². The molecule has 0 amide bonds. The van der Waals surface area contributed by atoms with E-state index in [-0.39, 0.29) is 0 Å². The van der Waals surface area contributed by atoms with Gasteiger partial charge < -0.3 is 10.5 Å². The summed E-state index contributed by atoms with van der Waals surface area (Å²) >= 11 is 0. The zero-order valence-electron chi connectivity index (χ0n) is 5.79. The minimum absolute atomic E-state index is 0.822. The van der Waals surface area contributed by atoms with Gasteiger partial charge in [-0.2, -0.15) is 0 Å². The highest BCUT2D eigenvalue weighted by molar-refractivity contribution is 5.35. The SMILES string of the molecule is C1CO1.Nc1ccccc1. The van der Waals surface area contributed by atoms with Crippen LogP contribution < -0.4 is 5.73 Å². The lowest BCUT2D eigenvalue weighted by Gasteiger charge is -1.83. The van der Waals surface area contributed by atoms with Gasteiger partial charge in [-0.3, -0.25) is 0 Å². The molecule has 1 aliphatic rings. The predicted octanol–water partition coefficient (Wildman–Crippen LogP) is 1.29. The quantitative estimate of drug-likeness (QED) is 0.432. The van der Waals surface area contributed by atoms with E-state index in [0.717, 1.165) is 18.9 Å². The minimum Gasteiger partial charge on any atom is -0.399 e. The van der Waals surface area contributed by atoms with Crippen LogP contribution in [0, 0.1) is 0 Å². The summed E-state index contributed by atoms with van der Waals surface area (Å²) < 4.78 is 4.50. The molecule has 1 heterocycles. The first-order valence-electron chi connectivity index (χ1n) is 3.28. The van der Waals surface area contributed by atoms with Gasteiger partial charge in [0.1, 0.15) is 0 Å². The lowest BCUT2D eigenvalue weighted by atomic mass is 10.3. The molecule has 0 radical (unpaired) electrons. The van der Waals surface area contributed by atoms with E-state index in [0.29, 0.717) is 0 Å². The summed E-state index contributed by atoms with van der Waals surface area (Å²) in [5, 5.41) is 0. The van der Waals surface area contributed by atoms with Crippen LogP contribution in [0.25, 0.3) is 0 Å².